The molecule has 0 saturated heterocycles. The predicted molar refractivity (Wildman–Crippen MR) is 141 cm³/mol. The Hall–Kier alpha value is -4.64. The van der Waals surface area contributed by atoms with E-state index in [2.05, 4.69) is 16.5 Å². The third kappa shape index (κ3) is 5.88. The smallest absolute Gasteiger partial charge is 0.251 e. The van der Waals surface area contributed by atoms with E-state index >= 15 is 0 Å². The number of nitrogen functional groups attached to an aromatic ring is 1. The minimum atomic E-state index is -0.787. The lowest BCUT2D eigenvalue weighted by atomic mass is 9.97. The Morgan fingerprint density at radius 2 is 1.83 bits per heavy atom. The molecule has 0 aliphatic carbocycles. The van der Waals surface area contributed by atoms with E-state index in [0.717, 1.165) is 11.1 Å². The van der Waals surface area contributed by atoms with Gasteiger partial charge in [0, 0.05) is 36.3 Å². The van der Waals surface area contributed by atoms with Crippen molar-refractivity contribution in [1.82, 2.24) is 4.90 Å². The van der Waals surface area contributed by atoms with Crippen molar-refractivity contribution in [3.05, 3.63) is 83.4 Å². The van der Waals surface area contributed by atoms with Crippen molar-refractivity contribution < 1.29 is 14.8 Å². The summed E-state index contributed by atoms with van der Waals surface area (Å²) in [6, 6.07) is 21.4. The van der Waals surface area contributed by atoms with Gasteiger partial charge in [-0.3, -0.25) is 14.5 Å². The number of rotatable bonds is 9. The van der Waals surface area contributed by atoms with Crippen LogP contribution in [-0.4, -0.2) is 40.7 Å². The van der Waals surface area contributed by atoms with Gasteiger partial charge in [-0.2, -0.15) is 5.26 Å². The van der Waals surface area contributed by atoms with Gasteiger partial charge in [-0.1, -0.05) is 54.5 Å². The lowest BCUT2D eigenvalue weighted by molar-refractivity contribution is -0.144. The largest absolute Gasteiger partial charge is 0.411 e. The highest BCUT2D eigenvalue weighted by Gasteiger charge is 2.28. The van der Waals surface area contributed by atoms with E-state index in [1.807, 2.05) is 42.5 Å². The summed E-state index contributed by atoms with van der Waals surface area (Å²) < 4.78 is 0. The van der Waals surface area contributed by atoms with E-state index in [1.165, 1.54) is 11.1 Å². The van der Waals surface area contributed by atoms with E-state index in [0.29, 0.717) is 28.1 Å². The average molecular weight is 484 g/mol. The molecule has 0 heterocycles. The number of carbonyl (C=O) groups is 2. The molecule has 0 fully saturated rings. The number of likely N-dealkylation sites (N-methyl/N-ethyl adjacent to an activating group) is 1. The molecule has 0 aliphatic rings. The fourth-order valence-electron chi connectivity index (χ4n) is 4.06. The molecule has 2 amide bonds. The van der Waals surface area contributed by atoms with Crippen LogP contribution in [0.3, 0.4) is 0 Å². The van der Waals surface area contributed by atoms with E-state index in [-0.39, 0.29) is 31.2 Å². The molecule has 1 atom stereocenters. The number of anilines is 2. The van der Waals surface area contributed by atoms with E-state index in [9.17, 15) is 14.9 Å². The standard InChI is InChI=1S/C28H29N5O3/c1-3-27(34)33(4-2)28(35)26(16-20-9-7-11-25(30)24(20)18-31-36)32-22-14-12-19(13-15-22)23-10-6-5-8-21(23)17-29/h5-15,18,26,32,36H,3-4,16,30H2,1-2H3/t26-/m0/s1. The van der Waals surface area contributed by atoms with Gasteiger partial charge in [-0.15, -0.1) is 0 Å². The normalized spacial score (nSPS) is 11.6. The Labute approximate surface area is 210 Å². The first-order valence-electron chi connectivity index (χ1n) is 11.7. The van der Waals surface area contributed by atoms with Crippen molar-refractivity contribution in [2.24, 2.45) is 5.16 Å². The van der Waals surface area contributed by atoms with Crippen molar-refractivity contribution >= 4 is 29.4 Å². The Bertz CT molecular complexity index is 1300. The van der Waals surface area contributed by atoms with E-state index in [4.69, 9.17) is 10.9 Å². The molecule has 0 radical (unpaired) electrons. The molecule has 8 heteroatoms. The van der Waals surface area contributed by atoms with Gasteiger partial charge in [-0.25, -0.2) is 0 Å². The second-order valence-electron chi connectivity index (χ2n) is 8.13. The Balaban J connectivity index is 1.96. The van der Waals surface area contributed by atoms with Crippen LogP contribution in [0.25, 0.3) is 11.1 Å². The Morgan fingerprint density at radius 3 is 2.47 bits per heavy atom. The number of benzene rings is 3. The number of hydrogen-bond acceptors (Lipinski definition) is 7. The molecule has 36 heavy (non-hydrogen) atoms. The summed E-state index contributed by atoms with van der Waals surface area (Å²) in [6.45, 7) is 3.72. The van der Waals surface area contributed by atoms with Crippen LogP contribution in [0.15, 0.2) is 71.9 Å². The van der Waals surface area contributed by atoms with Crippen LogP contribution in [0, 0.1) is 11.3 Å². The molecular formula is C28H29N5O3. The highest BCUT2D eigenvalue weighted by Crippen LogP contribution is 2.26. The number of nitrogens with one attached hydrogen (secondary N) is 1. The number of imide groups is 1. The molecule has 3 aromatic carbocycles. The van der Waals surface area contributed by atoms with Gasteiger partial charge in [0.15, 0.2) is 0 Å². The van der Waals surface area contributed by atoms with Crippen LogP contribution in [0.1, 0.15) is 37.0 Å². The first kappa shape index (κ1) is 26.0. The maximum absolute atomic E-state index is 13.5. The average Bonchev–Trinajstić information content (AvgIpc) is 2.90. The summed E-state index contributed by atoms with van der Waals surface area (Å²) >= 11 is 0. The number of nitriles is 1. The molecule has 0 bridgehead atoms. The number of hydrogen-bond donors (Lipinski definition) is 3. The molecule has 0 saturated carbocycles. The fourth-order valence-corrected chi connectivity index (χ4v) is 4.06. The summed E-state index contributed by atoms with van der Waals surface area (Å²) in [7, 11) is 0. The number of oxime groups is 1. The molecule has 0 unspecified atom stereocenters. The summed E-state index contributed by atoms with van der Waals surface area (Å²) in [5.74, 6) is -0.625. The quantitative estimate of drug-likeness (QED) is 0.179. The van der Waals surface area contributed by atoms with Crippen LogP contribution in [0.5, 0.6) is 0 Å². The van der Waals surface area contributed by atoms with Gasteiger partial charge in [0.25, 0.3) is 5.91 Å². The van der Waals surface area contributed by atoms with Crippen LogP contribution in [-0.2, 0) is 16.0 Å². The molecule has 0 aromatic heterocycles. The van der Waals surface area contributed by atoms with Gasteiger partial charge >= 0.3 is 0 Å². The van der Waals surface area contributed by atoms with Crippen molar-refractivity contribution in [2.45, 2.75) is 32.7 Å². The SMILES string of the molecule is CCC(=O)N(CC)C(=O)[C@H](Cc1cccc(N)c1C=NO)Nc1ccc(-c2ccccc2C#N)cc1. The first-order chi connectivity index (χ1) is 17.4. The van der Waals surface area contributed by atoms with Crippen molar-refractivity contribution in [3.8, 4) is 17.2 Å². The monoisotopic (exact) mass is 483 g/mol. The van der Waals surface area contributed by atoms with Crippen LogP contribution in [0.2, 0.25) is 0 Å². The molecule has 0 aliphatic heterocycles. The summed E-state index contributed by atoms with van der Waals surface area (Å²) in [5, 5.41) is 24.9. The Morgan fingerprint density at radius 1 is 1.11 bits per heavy atom. The lowest BCUT2D eigenvalue weighted by Gasteiger charge is -2.27. The maximum Gasteiger partial charge on any atom is 0.251 e. The van der Waals surface area contributed by atoms with Gasteiger partial charge in [0.1, 0.15) is 6.04 Å². The molecule has 3 rings (SSSR count). The van der Waals surface area contributed by atoms with E-state index in [1.54, 1.807) is 38.1 Å². The second-order valence-corrected chi connectivity index (χ2v) is 8.13. The zero-order chi connectivity index (χ0) is 26.1. The zero-order valence-corrected chi connectivity index (χ0v) is 20.3. The molecule has 4 N–H and O–H groups in total. The van der Waals surface area contributed by atoms with Crippen molar-refractivity contribution in [1.29, 1.82) is 5.26 Å². The van der Waals surface area contributed by atoms with Crippen LogP contribution >= 0.6 is 0 Å². The minimum absolute atomic E-state index is 0.206. The summed E-state index contributed by atoms with van der Waals surface area (Å²) in [6.07, 6.45) is 1.65. The number of amides is 2. The maximum atomic E-state index is 13.5. The molecular weight excluding hydrogens is 454 g/mol. The number of nitrogens with two attached hydrogens (primary N) is 1. The summed E-state index contributed by atoms with van der Waals surface area (Å²) in [5.41, 5.74) is 10.6. The zero-order valence-electron chi connectivity index (χ0n) is 20.3. The second kappa shape index (κ2) is 12.2. The molecule has 8 nitrogen and oxygen atoms in total. The highest BCUT2D eigenvalue weighted by molar-refractivity contribution is 5.99. The topological polar surface area (TPSA) is 132 Å². The molecule has 3 aromatic rings. The number of carbonyl (C=O) groups excluding carboxylic acids is 2. The van der Waals surface area contributed by atoms with Gasteiger partial charge in [0.2, 0.25) is 5.91 Å². The van der Waals surface area contributed by atoms with Gasteiger partial charge < -0.3 is 16.3 Å². The Kier molecular flexibility index (Phi) is 8.79. The van der Waals surface area contributed by atoms with Crippen molar-refractivity contribution in [2.75, 3.05) is 17.6 Å². The predicted octanol–water partition coefficient (Wildman–Crippen LogP) is 4.42. The third-order valence-electron chi connectivity index (χ3n) is 5.91. The van der Waals surface area contributed by atoms with Crippen LogP contribution in [0.4, 0.5) is 11.4 Å². The molecule has 0 spiro atoms. The fraction of sp³-hybridized carbons (Fsp3) is 0.214. The van der Waals surface area contributed by atoms with Crippen molar-refractivity contribution in [3.63, 3.8) is 0 Å². The minimum Gasteiger partial charge on any atom is -0.411 e. The van der Waals surface area contributed by atoms with E-state index < -0.39 is 6.04 Å². The van der Waals surface area contributed by atoms with Crippen LogP contribution < -0.4 is 11.1 Å². The first-order valence-corrected chi connectivity index (χ1v) is 11.7. The highest BCUT2D eigenvalue weighted by atomic mass is 16.4. The van der Waals surface area contributed by atoms with Gasteiger partial charge in [-0.05, 0) is 47.9 Å². The lowest BCUT2D eigenvalue weighted by Crippen LogP contribution is -2.47. The van der Waals surface area contributed by atoms with Gasteiger partial charge in [0.05, 0.1) is 17.8 Å². The third-order valence-corrected chi connectivity index (χ3v) is 5.91. The molecule has 184 valence electrons. The number of nitrogens with zero attached hydrogens (tertiary/aromatic N) is 3. The summed E-state index contributed by atoms with van der Waals surface area (Å²) in [4.78, 5) is 27.2.